The van der Waals surface area contributed by atoms with Crippen molar-refractivity contribution in [3.05, 3.63) is 34.3 Å². The van der Waals surface area contributed by atoms with Crippen LogP contribution in [0.4, 0.5) is 5.13 Å². The number of nitrogens with zero attached hydrogens (tertiary/aromatic N) is 2. The Balaban J connectivity index is 1.37. The third-order valence-electron chi connectivity index (χ3n) is 4.92. The van der Waals surface area contributed by atoms with Gasteiger partial charge >= 0.3 is 0 Å². The minimum atomic E-state index is -0.240. The van der Waals surface area contributed by atoms with Crippen LogP contribution >= 0.6 is 11.3 Å². The van der Waals surface area contributed by atoms with E-state index in [-0.39, 0.29) is 18.1 Å². The van der Waals surface area contributed by atoms with Crippen molar-refractivity contribution >= 4 is 22.4 Å². The normalized spacial score (nSPS) is 17.7. The summed E-state index contributed by atoms with van der Waals surface area (Å²) in [5.41, 5.74) is 1.99. The molecule has 0 saturated carbocycles. The molecular weight excluding hydrogens is 362 g/mol. The molecule has 1 aromatic carbocycles. The van der Waals surface area contributed by atoms with Gasteiger partial charge in [-0.15, -0.1) is 11.3 Å². The monoisotopic (exact) mass is 387 g/mol. The van der Waals surface area contributed by atoms with Crippen LogP contribution in [0, 0.1) is 0 Å². The molecule has 0 spiro atoms. The fraction of sp³-hybridized carbons (Fsp3) is 0.500. The minimum absolute atomic E-state index is 0.0639. The molecule has 27 heavy (non-hydrogen) atoms. The zero-order valence-electron chi connectivity index (χ0n) is 16.0. The number of hydrogen-bond donors (Lipinski definition) is 1. The molecule has 7 heteroatoms. The highest BCUT2D eigenvalue weighted by atomic mass is 32.1. The molecule has 0 fully saturated rings. The lowest BCUT2D eigenvalue weighted by molar-refractivity contribution is -0.118. The van der Waals surface area contributed by atoms with E-state index in [2.05, 4.69) is 22.1 Å². The van der Waals surface area contributed by atoms with Gasteiger partial charge < -0.3 is 9.47 Å². The molecule has 6 nitrogen and oxygen atoms in total. The van der Waals surface area contributed by atoms with Crippen molar-refractivity contribution in [2.45, 2.75) is 45.8 Å². The Bertz CT molecular complexity index is 862. The Morgan fingerprint density at radius 1 is 1.44 bits per heavy atom. The minimum Gasteiger partial charge on any atom is -0.483 e. The molecule has 1 amide bonds. The van der Waals surface area contributed by atoms with Crippen LogP contribution in [0.5, 0.6) is 11.5 Å². The maximum absolute atomic E-state index is 12.3. The van der Waals surface area contributed by atoms with E-state index >= 15 is 0 Å². The molecule has 0 atom stereocenters. The van der Waals surface area contributed by atoms with Crippen LogP contribution < -0.4 is 14.8 Å². The van der Waals surface area contributed by atoms with Gasteiger partial charge in [0.05, 0.1) is 5.69 Å². The smallest absolute Gasteiger partial charge is 0.264 e. The highest BCUT2D eigenvalue weighted by molar-refractivity contribution is 7.15. The van der Waals surface area contributed by atoms with Crippen molar-refractivity contribution in [2.24, 2.45) is 0 Å². The Morgan fingerprint density at radius 3 is 3.11 bits per heavy atom. The van der Waals surface area contributed by atoms with Crippen molar-refractivity contribution in [1.29, 1.82) is 0 Å². The first-order valence-corrected chi connectivity index (χ1v) is 10.2. The lowest BCUT2D eigenvalue weighted by Gasteiger charge is -2.23. The second-order valence-corrected chi connectivity index (χ2v) is 8.71. The number of carbonyl (C=O) groups excluding carboxylic acids is 1. The number of likely N-dealkylation sites (N-methyl/N-ethyl adjacent to an activating group) is 1. The van der Waals surface area contributed by atoms with Crippen LogP contribution in [0.3, 0.4) is 0 Å². The number of anilines is 1. The Labute approximate surface area is 163 Å². The third-order valence-corrected chi connectivity index (χ3v) is 5.92. The molecule has 2 aliphatic heterocycles. The van der Waals surface area contributed by atoms with Crippen LogP contribution in [0.25, 0.3) is 0 Å². The van der Waals surface area contributed by atoms with Crippen LogP contribution in [-0.4, -0.2) is 41.1 Å². The Hall–Kier alpha value is -2.12. The van der Waals surface area contributed by atoms with Gasteiger partial charge in [-0.2, -0.15) is 0 Å². The summed E-state index contributed by atoms with van der Waals surface area (Å²) >= 11 is 1.56. The number of fused-ring (bicyclic) bond motifs is 2. The number of aromatic nitrogens is 1. The topological polar surface area (TPSA) is 63.7 Å². The quantitative estimate of drug-likeness (QED) is 0.853. The van der Waals surface area contributed by atoms with Crippen molar-refractivity contribution in [3.63, 3.8) is 0 Å². The second-order valence-electron chi connectivity index (χ2n) is 7.63. The van der Waals surface area contributed by atoms with Crippen LogP contribution in [0.1, 0.15) is 36.9 Å². The lowest BCUT2D eigenvalue weighted by atomic mass is 10.0. The van der Waals surface area contributed by atoms with Gasteiger partial charge in [-0.3, -0.25) is 15.0 Å². The van der Waals surface area contributed by atoms with Gasteiger partial charge in [-0.1, -0.05) is 19.1 Å². The van der Waals surface area contributed by atoms with Gasteiger partial charge in [0, 0.05) is 36.4 Å². The summed E-state index contributed by atoms with van der Waals surface area (Å²) in [6.07, 6.45) is 1.78. The second kappa shape index (κ2) is 7.13. The molecule has 0 aliphatic carbocycles. The van der Waals surface area contributed by atoms with Gasteiger partial charge in [-0.25, -0.2) is 4.98 Å². The predicted octanol–water partition coefficient (Wildman–Crippen LogP) is 3.25. The van der Waals surface area contributed by atoms with E-state index in [1.165, 1.54) is 4.88 Å². The summed E-state index contributed by atoms with van der Waals surface area (Å²) in [5.74, 6) is 1.16. The molecule has 144 valence electrons. The van der Waals surface area contributed by atoms with Crippen molar-refractivity contribution < 1.29 is 14.3 Å². The number of para-hydroxylation sites is 1. The molecule has 2 aromatic rings. The molecule has 0 radical (unpaired) electrons. The van der Waals surface area contributed by atoms with E-state index in [0.717, 1.165) is 49.5 Å². The summed E-state index contributed by atoms with van der Waals surface area (Å²) in [6, 6.07) is 5.82. The summed E-state index contributed by atoms with van der Waals surface area (Å²) in [6.45, 7) is 9.18. The van der Waals surface area contributed by atoms with Crippen molar-refractivity contribution in [2.75, 3.05) is 25.0 Å². The van der Waals surface area contributed by atoms with E-state index in [9.17, 15) is 4.79 Å². The zero-order valence-corrected chi connectivity index (χ0v) is 16.8. The molecule has 3 heterocycles. The van der Waals surface area contributed by atoms with E-state index in [0.29, 0.717) is 10.9 Å². The maximum Gasteiger partial charge on any atom is 0.264 e. The third kappa shape index (κ3) is 3.94. The van der Waals surface area contributed by atoms with E-state index in [4.69, 9.17) is 9.47 Å². The first-order chi connectivity index (χ1) is 12.9. The number of nitrogens with one attached hydrogen (secondary N) is 1. The van der Waals surface area contributed by atoms with E-state index < -0.39 is 0 Å². The fourth-order valence-electron chi connectivity index (χ4n) is 3.57. The Morgan fingerprint density at radius 2 is 2.30 bits per heavy atom. The Kier molecular flexibility index (Phi) is 4.82. The van der Waals surface area contributed by atoms with Crippen molar-refractivity contribution in [3.8, 4) is 11.5 Å². The van der Waals surface area contributed by atoms with Gasteiger partial charge in [0.25, 0.3) is 5.91 Å². The van der Waals surface area contributed by atoms with Crippen LogP contribution in [-0.2, 0) is 24.2 Å². The number of carbonyl (C=O) groups is 1. The molecule has 1 aromatic heterocycles. The highest BCUT2D eigenvalue weighted by Gasteiger charge is 2.32. The lowest BCUT2D eigenvalue weighted by Crippen LogP contribution is -2.29. The maximum atomic E-state index is 12.3. The van der Waals surface area contributed by atoms with Crippen molar-refractivity contribution in [1.82, 2.24) is 9.88 Å². The van der Waals surface area contributed by atoms with Crippen LogP contribution in [0.15, 0.2) is 18.2 Å². The molecule has 1 N–H and O–H groups in total. The fourth-order valence-corrected chi connectivity index (χ4v) is 4.64. The van der Waals surface area contributed by atoms with Gasteiger partial charge in [0.1, 0.15) is 5.60 Å². The average molecular weight is 388 g/mol. The van der Waals surface area contributed by atoms with Gasteiger partial charge in [0.15, 0.2) is 23.2 Å². The first-order valence-electron chi connectivity index (χ1n) is 9.38. The van der Waals surface area contributed by atoms with E-state index in [1.54, 1.807) is 11.3 Å². The number of thiazole rings is 1. The zero-order chi connectivity index (χ0) is 19.0. The number of benzene rings is 1. The number of amides is 1. The summed E-state index contributed by atoms with van der Waals surface area (Å²) in [4.78, 5) is 20.5. The molecular formula is C20H25N3O3S. The number of hydrogen-bond acceptors (Lipinski definition) is 6. The highest BCUT2D eigenvalue weighted by Crippen LogP contribution is 2.41. The van der Waals surface area contributed by atoms with Gasteiger partial charge in [0.2, 0.25) is 0 Å². The predicted molar refractivity (Wildman–Crippen MR) is 106 cm³/mol. The number of ether oxygens (including phenoxy) is 2. The molecule has 0 saturated heterocycles. The molecule has 2 aliphatic rings. The van der Waals surface area contributed by atoms with Crippen LogP contribution in [0.2, 0.25) is 0 Å². The number of rotatable bonds is 5. The van der Waals surface area contributed by atoms with E-state index in [1.807, 2.05) is 32.0 Å². The first kappa shape index (κ1) is 18.3. The summed E-state index contributed by atoms with van der Waals surface area (Å²) in [5, 5.41) is 3.53. The summed E-state index contributed by atoms with van der Waals surface area (Å²) in [7, 11) is 0. The molecule has 0 bridgehead atoms. The molecule has 4 rings (SSSR count). The molecule has 0 unspecified atom stereocenters. The SMILES string of the molecule is CCN1CCc2nc(NC(=O)COc3cccc4c3OC(C)(C)C4)sc2C1. The average Bonchev–Trinajstić information content (AvgIpc) is 3.17. The van der Waals surface area contributed by atoms with Gasteiger partial charge in [-0.05, 0) is 26.5 Å². The summed E-state index contributed by atoms with van der Waals surface area (Å²) < 4.78 is 11.7. The standard InChI is InChI=1S/C20H25N3O3S/c1-4-23-9-8-14-16(11-23)27-19(21-14)22-17(24)12-25-15-7-5-6-13-10-20(2,3)26-18(13)15/h5-7H,4,8-12H2,1-3H3,(H,21,22,24). The largest absolute Gasteiger partial charge is 0.483 e.